The maximum absolute atomic E-state index is 12.9. The summed E-state index contributed by atoms with van der Waals surface area (Å²) >= 11 is 0. The first-order valence-corrected chi connectivity index (χ1v) is 9.38. The largest absolute Gasteiger partial charge is 0.356 e. The van der Waals surface area contributed by atoms with Gasteiger partial charge < -0.3 is 9.80 Å². The Labute approximate surface area is 152 Å². The number of aromatic nitrogens is 4. The number of alkyl halides is 1. The van der Waals surface area contributed by atoms with Crippen LogP contribution in [-0.4, -0.2) is 62.7 Å². The SMILES string of the molecule is CC(C)c1cc(N2CCC(N3CC(CF)CC3=O)CC2)n2ncnc2n1. The van der Waals surface area contributed by atoms with Gasteiger partial charge in [-0.3, -0.25) is 9.18 Å². The van der Waals surface area contributed by atoms with Crippen molar-refractivity contribution in [1.29, 1.82) is 0 Å². The van der Waals surface area contributed by atoms with Crippen molar-refractivity contribution in [2.45, 2.75) is 45.1 Å². The molecule has 2 aromatic rings. The lowest BCUT2D eigenvalue weighted by atomic mass is 10.0. The Morgan fingerprint density at radius 2 is 2.08 bits per heavy atom. The molecule has 2 aromatic heterocycles. The molecule has 1 amide bonds. The van der Waals surface area contributed by atoms with Crippen LogP contribution < -0.4 is 4.90 Å². The molecule has 0 saturated carbocycles. The fourth-order valence-electron chi connectivity index (χ4n) is 4.01. The highest BCUT2D eigenvalue weighted by molar-refractivity contribution is 5.79. The third-order valence-electron chi connectivity index (χ3n) is 5.53. The predicted octanol–water partition coefficient (Wildman–Crippen LogP) is 2.03. The summed E-state index contributed by atoms with van der Waals surface area (Å²) in [7, 11) is 0. The molecule has 140 valence electrons. The Morgan fingerprint density at radius 1 is 1.31 bits per heavy atom. The summed E-state index contributed by atoms with van der Waals surface area (Å²) in [5.74, 6) is 1.92. The molecular formula is C18H25FN6O. The van der Waals surface area contributed by atoms with Crippen LogP contribution >= 0.6 is 0 Å². The van der Waals surface area contributed by atoms with Crippen LogP contribution in [0.1, 0.15) is 44.7 Å². The normalized spacial score (nSPS) is 22.2. The van der Waals surface area contributed by atoms with E-state index in [-0.39, 0.29) is 17.9 Å². The number of fused-ring (bicyclic) bond motifs is 1. The van der Waals surface area contributed by atoms with E-state index in [9.17, 15) is 9.18 Å². The van der Waals surface area contributed by atoms with Gasteiger partial charge in [-0.25, -0.2) is 4.98 Å². The van der Waals surface area contributed by atoms with Gasteiger partial charge in [-0.1, -0.05) is 13.8 Å². The second kappa shape index (κ2) is 6.81. The number of likely N-dealkylation sites (tertiary alicyclic amines) is 1. The third kappa shape index (κ3) is 3.01. The van der Waals surface area contributed by atoms with Gasteiger partial charge in [0.25, 0.3) is 5.78 Å². The minimum Gasteiger partial charge on any atom is -0.356 e. The molecule has 1 unspecified atom stereocenters. The Bertz CT molecular complexity index is 798. The highest BCUT2D eigenvalue weighted by atomic mass is 19.1. The van der Waals surface area contributed by atoms with Crippen molar-refractivity contribution in [3.8, 4) is 0 Å². The molecule has 0 bridgehead atoms. The van der Waals surface area contributed by atoms with E-state index in [1.165, 1.54) is 6.33 Å². The summed E-state index contributed by atoms with van der Waals surface area (Å²) < 4.78 is 14.7. The number of rotatable bonds is 4. The van der Waals surface area contributed by atoms with Crippen LogP contribution in [0.5, 0.6) is 0 Å². The van der Waals surface area contributed by atoms with Crippen molar-refractivity contribution in [3.05, 3.63) is 18.1 Å². The smallest absolute Gasteiger partial charge is 0.254 e. The van der Waals surface area contributed by atoms with Crippen LogP contribution in [0.4, 0.5) is 10.2 Å². The van der Waals surface area contributed by atoms with Crippen LogP contribution in [0.25, 0.3) is 5.78 Å². The molecule has 7 nitrogen and oxygen atoms in total. The van der Waals surface area contributed by atoms with E-state index in [2.05, 4.69) is 39.9 Å². The molecule has 4 rings (SSSR count). The third-order valence-corrected chi connectivity index (χ3v) is 5.53. The molecule has 2 fully saturated rings. The van der Waals surface area contributed by atoms with E-state index < -0.39 is 6.67 Å². The highest BCUT2D eigenvalue weighted by Crippen LogP contribution is 2.28. The van der Waals surface area contributed by atoms with Crippen LogP contribution in [0.15, 0.2) is 12.4 Å². The zero-order valence-corrected chi connectivity index (χ0v) is 15.3. The number of carbonyl (C=O) groups excluding carboxylic acids is 1. The second-order valence-corrected chi connectivity index (χ2v) is 7.65. The molecule has 0 spiro atoms. The van der Waals surface area contributed by atoms with E-state index in [1.807, 2.05) is 4.90 Å². The summed E-state index contributed by atoms with van der Waals surface area (Å²) in [4.78, 5) is 25.2. The number of anilines is 1. The summed E-state index contributed by atoms with van der Waals surface area (Å²) in [6.07, 6.45) is 3.67. The fraction of sp³-hybridized carbons (Fsp3) is 0.667. The van der Waals surface area contributed by atoms with Crippen molar-refractivity contribution >= 4 is 17.5 Å². The molecular weight excluding hydrogens is 335 g/mol. The Hall–Kier alpha value is -2.25. The Morgan fingerprint density at radius 3 is 2.73 bits per heavy atom. The number of halogens is 1. The predicted molar refractivity (Wildman–Crippen MR) is 95.9 cm³/mol. The molecule has 2 aliphatic heterocycles. The number of nitrogens with zero attached hydrogens (tertiary/aromatic N) is 6. The van der Waals surface area contributed by atoms with Crippen LogP contribution in [0.3, 0.4) is 0 Å². The van der Waals surface area contributed by atoms with Crippen LogP contribution in [-0.2, 0) is 4.79 Å². The summed E-state index contributed by atoms with van der Waals surface area (Å²) in [5, 5.41) is 4.32. The topological polar surface area (TPSA) is 66.6 Å². The van der Waals surface area contributed by atoms with Gasteiger partial charge in [-0.15, -0.1) is 0 Å². The zero-order chi connectivity index (χ0) is 18.3. The first kappa shape index (κ1) is 17.2. The van der Waals surface area contributed by atoms with Gasteiger partial charge in [-0.2, -0.15) is 14.6 Å². The number of hydrogen-bond donors (Lipinski definition) is 0. The first-order valence-electron chi connectivity index (χ1n) is 9.38. The molecule has 2 saturated heterocycles. The monoisotopic (exact) mass is 360 g/mol. The van der Waals surface area contributed by atoms with Gasteiger partial charge in [0.05, 0.1) is 12.4 Å². The number of hydrogen-bond acceptors (Lipinski definition) is 5. The summed E-state index contributed by atoms with van der Waals surface area (Å²) in [6.45, 7) is 6.08. The first-order chi connectivity index (χ1) is 12.6. The van der Waals surface area contributed by atoms with Gasteiger partial charge in [0.1, 0.15) is 12.1 Å². The van der Waals surface area contributed by atoms with Crippen LogP contribution in [0, 0.1) is 5.92 Å². The number of amides is 1. The zero-order valence-electron chi connectivity index (χ0n) is 15.3. The van der Waals surface area contributed by atoms with Crippen LogP contribution in [0.2, 0.25) is 0 Å². The molecule has 2 aliphatic rings. The maximum Gasteiger partial charge on any atom is 0.254 e. The van der Waals surface area contributed by atoms with Gasteiger partial charge in [0.2, 0.25) is 5.91 Å². The molecule has 0 aliphatic carbocycles. The van der Waals surface area contributed by atoms with Gasteiger partial charge in [0, 0.05) is 44.1 Å². The molecule has 0 aromatic carbocycles. The highest BCUT2D eigenvalue weighted by Gasteiger charge is 2.36. The van der Waals surface area contributed by atoms with E-state index in [0.29, 0.717) is 24.7 Å². The standard InChI is InChI=1S/C18H25FN6O/c1-12(2)15-8-16(25-18(22-15)20-11-21-25)23-5-3-14(4-6-23)24-10-13(9-19)7-17(24)26/h8,11-14H,3-7,9-10H2,1-2H3. The van der Waals surface area contributed by atoms with Crippen molar-refractivity contribution in [2.75, 3.05) is 31.2 Å². The van der Waals surface area contributed by atoms with Crippen molar-refractivity contribution in [3.63, 3.8) is 0 Å². The number of piperidine rings is 1. The molecule has 0 N–H and O–H groups in total. The van der Waals surface area contributed by atoms with E-state index in [0.717, 1.165) is 37.4 Å². The maximum atomic E-state index is 12.9. The van der Waals surface area contributed by atoms with Crippen molar-refractivity contribution in [1.82, 2.24) is 24.5 Å². The molecule has 8 heteroatoms. The lowest BCUT2D eigenvalue weighted by molar-refractivity contribution is -0.130. The Kier molecular flexibility index (Phi) is 4.50. The number of carbonyl (C=O) groups is 1. The average molecular weight is 360 g/mol. The van der Waals surface area contributed by atoms with Crippen molar-refractivity contribution < 1.29 is 9.18 Å². The van der Waals surface area contributed by atoms with Crippen molar-refractivity contribution in [2.24, 2.45) is 5.92 Å². The quantitative estimate of drug-likeness (QED) is 0.835. The van der Waals surface area contributed by atoms with Gasteiger partial charge in [-0.05, 0) is 18.8 Å². The van der Waals surface area contributed by atoms with E-state index in [4.69, 9.17) is 0 Å². The molecule has 26 heavy (non-hydrogen) atoms. The molecule has 1 atom stereocenters. The van der Waals surface area contributed by atoms with Gasteiger partial charge >= 0.3 is 0 Å². The fourth-order valence-corrected chi connectivity index (χ4v) is 4.01. The van der Waals surface area contributed by atoms with Gasteiger partial charge in [0.15, 0.2) is 0 Å². The minimum atomic E-state index is -0.402. The Balaban J connectivity index is 1.51. The summed E-state index contributed by atoms with van der Waals surface area (Å²) in [5.41, 5.74) is 1.00. The second-order valence-electron chi connectivity index (χ2n) is 7.65. The summed E-state index contributed by atoms with van der Waals surface area (Å²) in [6, 6.07) is 2.31. The lowest BCUT2D eigenvalue weighted by Gasteiger charge is -2.37. The lowest BCUT2D eigenvalue weighted by Crippen LogP contribution is -2.46. The van der Waals surface area contributed by atoms with E-state index in [1.54, 1.807) is 4.52 Å². The molecule has 0 radical (unpaired) electrons. The van der Waals surface area contributed by atoms with E-state index >= 15 is 0 Å². The molecule has 4 heterocycles. The minimum absolute atomic E-state index is 0.107. The average Bonchev–Trinajstić information content (AvgIpc) is 3.27.